The van der Waals surface area contributed by atoms with Gasteiger partial charge in [-0.3, -0.25) is 4.79 Å². The van der Waals surface area contributed by atoms with Gasteiger partial charge in [-0.05, 0) is 43.7 Å². The first-order valence-electron chi connectivity index (χ1n) is 8.48. The van der Waals surface area contributed by atoms with E-state index >= 15 is 0 Å². The van der Waals surface area contributed by atoms with Gasteiger partial charge in [0.1, 0.15) is 5.75 Å². The molecule has 1 saturated heterocycles. The van der Waals surface area contributed by atoms with Crippen molar-refractivity contribution < 1.29 is 14.3 Å². The standard InChI is InChI=1S/C19H25NO3/c1-22-18-7-3-2-5-16(18)10-11-19(21)20(13-15-8-9-15)14-17-6-4-12-23-17/h2-3,5,7,10-11,15,17H,4,6,8-9,12-14H2,1H3/b11-10+. The van der Waals surface area contributed by atoms with E-state index in [9.17, 15) is 4.79 Å². The Balaban J connectivity index is 1.65. The first kappa shape index (κ1) is 16.1. The molecule has 4 nitrogen and oxygen atoms in total. The number of carbonyl (C=O) groups is 1. The molecule has 4 heteroatoms. The number of carbonyl (C=O) groups excluding carboxylic acids is 1. The molecule has 0 N–H and O–H groups in total. The van der Waals surface area contributed by atoms with Crippen LogP contribution in [0.15, 0.2) is 30.3 Å². The highest BCUT2D eigenvalue weighted by atomic mass is 16.5. The molecule has 0 radical (unpaired) electrons. The van der Waals surface area contributed by atoms with E-state index < -0.39 is 0 Å². The lowest BCUT2D eigenvalue weighted by Gasteiger charge is -2.24. The Morgan fingerprint density at radius 1 is 1.30 bits per heavy atom. The van der Waals surface area contributed by atoms with Crippen LogP contribution in [0.25, 0.3) is 6.08 Å². The van der Waals surface area contributed by atoms with Crippen LogP contribution in [0.4, 0.5) is 0 Å². The van der Waals surface area contributed by atoms with E-state index in [4.69, 9.17) is 9.47 Å². The van der Waals surface area contributed by atoms with Gasteiger partial charge < -0.3 is 14.4 Å². The molecular formula is C19H25NO3. The lowest BCUT2D eigenvalue weighted by molar-refractivity contribution is -0.127. The molecule has 1 heterocycles. The SMILES string of the molecule is COc1ccccc1/C=C/C(=O)N(CC1CC1)CC1CCCO1. The average molecular weight is 315 g/mol. The van der Waals surface area contributed by atoms with Crippen molar-refractivity contribution in [2.45, 2.75) is 31.8 Å². The second-order valence-corrected chi connectivity index (χ2v) is 6.40. The molecule has 1 atom stereocenters. The van der Waals surface area contributed by atoms with Gasteiger partial charge in [0, 0.05) is 31.3 Å². The summed E-state index contributed by atoms with van der Waals surface area (Å²) in [5, 5.41) is 0. The number of para-hydroxylation sites is 1. The number of ether oxygens (including phenoxy) is 2. The monoisotopic (exact) mass is 315 g/mol. The van der Waals surface area contributed by atoms with Crippen LogP contribution in [0, 0.1) is 5.92 Å². The molecule has 0 spiro atoms. The molecule has 0 aromatic heterocycles. The highest BCUT2D eigenvalue weighted by molar-refractivity contribution is 5.92. The van der Waals surface area contributed by atoms with Gasteiger partial charge in [-0.1, -0.05) is 18.2 Å². The topological polar surface area (TPSA) is 38.8 Å². The third-order valence-corrected chi connectivity index (χ3v) is 4.48. The van der Waals surface area contributed by atoms with Gasteiger partial charge in [-0.15, -0.1) is 0 Å². The second-order valence-electron chi connectivity index (χ2n) is 6.40. The maximum atomic E-state index is 12.6. The minimum atomic E-state index is 0.0679. The van der Waals surface area contributed by atoms with Crippen molar-refractivity contribution in [3.05, 3.63) is 35.9 Å². The minimum absolute atomic E-state index is 0.0679. The summed E-state index contributed by atoms with van der Waals surface area (Å²) < 4.78 is 11.0. The zero-order valence-electron chi connectivity index (χ0n) is 13.7. The van der Waals surface area contributed by atoms with E-state index in [0.29, 0.717) is 12.5 Å². The fourth-order valence-electron chi connectivity index (χ4n) is 2.97. The highest BCUT2D eigenvalue weighted by Crippen LogP contribution is 2.30. The molecule has 1 aromatic rings. The molecule has 1 aliphatic heterocycles. The fraction of sp³-hybridized carbons (Fsp3) is 0.526. The van der Waals surface area contributed by atoms with Crippen LogP contribution in [-0.4, -0.2) is 43.7 Å². The number of rotatable bonds is 7. The molecule has 3 rings (SSSR count). The van der Waals surface area contributed by atoms with E-state index in [1.54, 1.807) is 13.2 Å². The quantitative estimate of drug-likeness (QED) is 0.726. The Bertz CT molecular complexity index is 559. The Kier molecular flexibility index (Phi) is 5.34. The van der Waals surface area contributed by atoms with Gasteiger partial charge >= 0.3 is 0 Å². The van der Waals surface area contributed by atoms with Gasteiger partial charge in [0.25, 0.3) is 0 Å². The van der Waals surface area contributed by atoms with Crippen LogP contribution in [0.5, 0.6) is 5.75 Å². The lowest BCUT2D eigenvalue weighted by atomic mass is 10.1. The van der Waals surface area contributed by atoms with Gasteiger partial charge in [-0.2, -0.15) is 0 Å². The van der Waals surface area contributed by atoms with Crippen molar-refractivity contribution in [2.75, 3.05) is 26.8 Å². The third-order valence-electron chi connectivity index (χ3n) is 4.48. The number of benzene rings is 1. The van der Waals surface area contributed by atoms with Gasteiger partial charge in [0.15, 0.2) is 0 Å². The van der Waals surface area contributed by atoms with Crippen molar-refractivity contribution in [2.24, 2.45) is 5.92 Å². The van der Waals surface area contributed by atoms with Crippen molar-refractivity contribution in [3.63, 3.8) is 0 Å². The second kappa shape index (κ2) is 7.64. The van der Waals surface area contributed by atoms with Crippen LogP contribution in [0.3, 0.4) is 0 Å². The van der Waals surface area contributed by atoms with Crippen LogP contribution in [0.1, 0.15) is 31.2 Å². The van der Waals surface area contributed by atoms with E-state index in [-0.39, 0.29) is 12.0 Å². The summed E-state index contributed by atoms with van der Waals surface area (Å²) in [4.78, 5) is 14.6. The maximum absolute atomic E-state index is 12.6. The summed E-state index contributed by atoms with van der Waals surface area (Å²) >= 11 is 0. The zero-order chi connectivity index (χ0) is 16.1. The number of methoxy groups -OCH3 is 1. The Labute approximate surface area is 138 Å². The Morgan fingerprint density at radius 3 is 2.83 bits per heavy atom. The van der Waals surface area contributed by atoms with E-state index in [0.717, 1.165) is 37.3 Å². The van der Waals surface area contributed by atoms with Crippen molar-refractivity contribution in [3.8, 4) is 5.75 Å². The molecule has 124 valence electrons. The van der Waals surface area contributed by atoms with E-state index in [1.165, 1.54) is 12.8 Å². The number of nitrogens with zero attached hydrogens (tertiary/aromatic N) is 1. The smallest absolute Gasteiger partial charge is 0.246 e. The first-order chi connectivity index (χ1) is 11.3. The summed E-state index contributed by atoms with van der Waals surface area (Å²) in [5.41, 5.74) is 0.923. The van der Waals surface area contributed by atoms with E-state index in [1.807, 2.05) is 35.2 Å². The summed E-state index contributed by atoms with van der Waals surface area (Å²) in [6.45, 7) is 2.40. The maximum Gasteiger partial charge on any atom is 0.246 e. The van der Waals surface area contributed by atoms with Crippen molar-refractivity contribution in [1.82, 2.24) is 4.90 Å². The van der Waals surface area contributed by atoms with Crippen LogP contribution >= 0.6 is 0 Å². The highest BCUT2D eigenvalue weighted by Gasteiger charge is 2.28. The largest absolute Gasteiger partial charge is 0.496 e. The molecule has 23 heavy (non-hydrogen) atoms. The molecule has 1 aliphatic carbocycles. The molecule has 1 unspecified atom stereocenters. The minimum Gasteiger partial charge on any atom is -0.496 e. The first-order valence-corrected chi connectivity index (χ1v) is 8.48. The van der Waals surface area contributed by atoms with Crippen LogP contribution in [-0.2, 0) is 9.53 Å². The van der Waals surface area contributed by atoms with Gasteiger partial charge in [-0.25, -0.2) is 0 Å². The number of amides is 1. The summed E-state index contributed by atoms with van der Waals surface area (Å²) in [6.07, 6.45) is 8.36. The van der Waals surface area contributed by atoms with E-state index in [2.05, 4.69) is 0 Å². The fourth-order valence-corrected chi connectivity index (χ4v) is 2.97. The molecule has 2 aliphatic rings. The lowest BCUT2D eigenvalue weighted by Crippen LogP contribution is -2.37. The molecule has 0 bridgehead atoms. The van der Waals surface area contributed by atoms with Crippen molar-refractivity contribution >= 4 is 12.0 Å². The molecule has 1 amide bonds. The molecule has 2 fully saturated rings. The van der Waals surface area contributed by atoms with Crippen molar-refractivity contribution in [1.29, 1.82) is 0 Å². The third kappa shape index (κ3) is 4.58. The predicted molar refractivity (Wildman–Crippen MR) is 90.3 cm³/mol. The Morgan fingerprint density at radius 2 is 2.13 bits per heavy atom. The summed E-state index contributed by atoms with van der Waals surface area (Å²) in [6, 6.07) is 7.72. The number of hydrogen-bond donors (Lipinski definition) is 0. The molecule has 1 saturated carbocycles. The average Bonchev–Trinajstić information content (AvgIpc) is 3.25. The summed E-state index contributed by atoms with van der Waals surface area (Å²) in [7, 11) is 1.64. The number of hydrogen-bond acceptors (Lipinski definition) is 3. The summed E-state index contributed by atoms with van der Waals surface area (Å²) in [5.74, 6) is 1.53. The molecule has 1 aromatic carbocycles. The van der Waals surface area contributed by atoms with Crippen LogP contribution in [0.2, 0.25) is 0 Å². The zero-order valence-corrected chi connectivity index (χ0v) is 13.7. The normalized spacial score (nSPS) is 20.8. The van der Waals surface area contributed by atoms with Crippen LogP contribution < -0.4 is 4.74 Å². The predicted octanol–water partition coefficient (Wildman–Crippen LogP) is 3.13. The van der Waals surface area contributed by atoms with Gasteiger partial charge in [0.05, 0.1) is 13.2 Å². The molecular weight excluding hydrogens is 290 g/mol. The van der Waals surface area contributed by atoms with Gasteiger partial charge in [0.2, 0.25) is 5.91 Å². The Hall–Kier alpha value is -1.81.